The van der Waals surface area contributed by atoms with Crippen LogP contribution in [0.4, 0.5) is 5.82 Å². The topological polar surface area (TPSA) is 80.2 Å². The Balaban J connectivity index is 1.65. The van der Waals surface area contributed by atoms with Gasteiger partial charge >= 0.3 is 0 Å². The van der Waals surface area contributed by atoms with Gasteiger partial charge in [-0.15, -0.1) is 0 Å². The highest BCUT2D eigenvalue weighted by Crippen LogP contribution is 2.38. The van der Waals surface area contributed by atoms with Crippen molar-refractivity contribution >= 4 is 21.9 Å². The molecule has 1 aromatic heterocycles. The highest BCUT2D eigenvalue weighted by molar-refractivity contribution is 7.90. The van der Waals surface area contributed by atoms with E-state index in [1.54, 1.807) is 0 Å². The number of piperidine rings is 1. The molecule has 0 amide bonds. The maximum absolute atomic E-state index is 12.2. The summed E-state index contributed by atoms with van der Waals surface area (Å²) in [4.78, 5) is 22.5. The van der Waals surface area contributed by atoms with Gasteiger partial charge in [0.1, 0.15) is 17.9 Å². The number of hydrogen-bond donors (Lipinski definition) is 0. The number of hydrogen-bond acceptors (Lipinski definition) is 6. The molecule has 7 heteroatoms. The van der Waals surface area contributed by atoms with Gasteiger partial charge in [0, 0.05) is 31.0 Å². The van der Waals surface area contributed by atoms with Crippen LogP contribution < -0.4 is 4.90 Å². The number of carbonyl (C=O) groups excluding carboxylic acids is 1. The number of aldehydes is 1. The Bertz CT molecular complexity index is 764. The van der Waals surface area contributed by atoms with Crippen LogP contribution in [0.1, 0.15) is 67.9 Å². The molecule has 0 bridgehead atoms. The van der Waals surface area contributed by atoms with E-state index in [0.717, 1.165) is 68.0 Å². The van der Waals surface area contributed by atoms with Crippen molar-refractivity contribution in [2.45, 2.75) is 62.4 Å². The molecule has 2 aliphatic heterocycles. The van der Waals surface area contributed by atoms with Crippen molar-refractivity contribution in [2.75, 3.05) is 18.0 Å². The third kappa shape index (κ3) is 3.43. The molecule has 3 heterocycles. The normalized spacial score (nSPS) is 23.8. The predicted molar refractivity (Wildman–Crippen MR) is 95.2 cm³/mol. The molecular formula is C18H25N3O3S. The third-order valence-electron chi connectivity index (χ3n) is 5.87. The summed E-state index contributed by atoms with van der Waals surface area (Å²) in [6, 6.07) is 0. The van der Waals surface area contributed by atoms with Crippen LogP contribution in [0, 0.1) is 5.92 Å². The van der Waals surface area contributed by atoms with Crippen molar-refractivity contribution in [1.29, 1.82) is 0 Å². The van der Waals surface area contributed by atoms with Gasteiger partial charge in [-0.1, -0.05) is 12.8 Å². The van der Waals surface area contributed by atoms with Crippen LogP contribution in [-0.4, -0.2) is 37.8 Å². The molecule has 4 rings (SSSR count). The molecule has 1 aliphatic carbocycles. The Labute approximate surface area is 149 Å². The number of anilines is 1. The molecule has 0 N–H and O–H groups in total. The number of aromatic nitrogens is 2. The first-order valence-electron chi connectivity index (χ1n) is 9.34. The van der Waals surface area contributed by atoms with E-state index in [4.69, 9.17) is 4.98 Å². The average Bonchev–Trinajstić information content (AvgIpc) is 3.21. The van der Waals surface area contributed by atoms with E-state index in [1.807, 2.05) is 0 Å². The van der Waals surface area contributed by atoms with Crippen molar-refractivity contribution in [1.82, 2.24) is 9.97 Å². The predicted octanol–water partition coefficient (Wildman–Crippen LogP) is 2.37. The third-order valence-corrected chi connectivity index (χ3v) is 7.31. The fraction of sp³-hybridized carbons (Fsp3) is 0.722. The minimum Gasteiger partial charge on any atom is -0.356 e. The first-order chi connectivity index (χ1) is 12.1. The Kier molecular flexibility index (Phi) is 4.52. The molecular weight excluding hydrogens is 338 g/mol. The van der Waals surface area contributed by atoms with E-state index < -0.39 is 9.84 Å². The summed E-state index contributed by atoms with van der Waals surface area (Å²) in [5.41, 5.74) is 1.54. The molecule has 0 aromatic carbocycles. The van der Waals surface area contributed by atoms with Crippen LogP contribution in [-0.2, 0) is 26.1 Å². The van der Waals surface area contributed by atoms with Crippen LogP contribution in [0.5, 0.6) is 0 Å². The van der Waals surface area contributed by atoms with Crippen LogP contribution in [0.3, 0.4) is 0 Å². The minimum atomic E-state index is -3.10. The smallest absolute Gasteiger partial charge is 0.160 e. The lowest BCUT2D eigenvalue weighted by Crippen LogP contribution is -2.35. The summed E-state index contributed by atoms with van der Waals surface area (Å²) in [5.74, 6) is 2.63. The quantitative estimate of drug-likeness (QED) is 0.764. The lowest BCUT2D eigenvalue weighted by molar-refractivity contribution is -0.108. The Hall–Kier alpha value is -1.50. The monoisotopic (exact) mass is 363 g/mol. The second-order valence-corrected chi connectivity index (χ2v) is 9.74. The number of rotatable bonds is 4. The van der Waals surface area contributed by atoms with Crippen LogP contribution in [0.15, 0.2) is 0 Å². The molecule has 3 aliphatic rings. The summed E-state index contributed by atoms with van der Waals surface area (Å²) in [6.45, 7) is 1.68. The van der Waals surface area contributed by atoms with Crippen LogP contribution in [0.2, 0.25) is 0 Å². The standard InChI is InChI=1S/C18H25N3O3S/c22-10-7-13-5-8-21(9-6-13)18-15-11-25(23,24)12-16(15)19-17(20-18)14-3-1-2-4-14/h10,13-14H,1-9,11-12H2. The number of nitrogens with zero attached hydrogens (tertiary/aromatic N) is 3. The number of fused-ring (bicyclic) bond motifs is 1. The Morgan fingerprint density at radius 2 is 1.76 bits per heavy atom. The van der Waals surface area contributed by atoms with Crippen molar-refractivity contribution in [3.8, 4) is 0 Å². The summed E-state index contributed by atoms with van der Waals surface area (Å²) in [5, 5.41) is 0. The van der Waals surface area contributed by atoms with Crippen molar-refractivity contribution in [3.63, 3.8) is 0 Å². The maximum atomic E-state index is 12.2. The van der Waals surface area contributed by atoms with Crippen molar-refractivity contribution in [3.05, 3.63) is 17.1 Å². The Morgan fingerprint density at radius 3 is 2.44 bits per heavy atom. The summed E-state index contributed by atoms with van der Waals surface area (Å²) in [7, 11) is -3.10. The summed E-state index contributed by atoms with van der Waals surface area (Å²) < 4.78 is 24.3. The van der Waals surface area contributed by atoms with E-state index in [0.29, 0.717) is 18.3 Å². The zero-order valence-corrected chi connectivity index (χ0v) is 15.3. The molecule has 0 spiro atoms. The zero-order chi connectivity index (χ0) is 17.4. The maximum Gasteiger partial charge on any atom is 0.160 e. The van der Waals surface area contributed by atoms with Crippen LogP contribution >= 0.6 is 0 Å². The molecule has 136 valence electrons. The summed E-state index contributed by atoms with van der Waals surface area (Å²) >= 11 is 0. The van der Waals surface area contributed by atoms with Gasteiger partial charge in [-0.25, -0.2) is 18.4 Å². The fourth-order valence-electron chi connectivity index (χ4n) is 4.43. The van der Waals surface area contributed by atoms with E-state index in [1.165, 1.54) is 12.8 Å². The lowest BCUT2D eigenvalue weighted by atomic mass is 9.94. The van der Waals surface area contributed by atoms with Gasteiger partial charge in [-0.3, -0.25) is 0 Å². The molecule has 0 atom stereocenters. The molecule has 1 saturated carbocycles. The molecule has 25 heavy (non-hydrogen) atoms. The molecule has 0 radical (unpaired) electrons. The zero-order valence-electron chi connectivity index (χ0n) is 14.5. The van der Waals surface area contributed by atoms with Gasteiger partial charge in [0.15, 0.2) is 9.84 Å². The first kappa shape index (κ1) is 16.9. The second kappa shape index (κ2) is 6.67. The van der Waals surface area contributed by atoms with Gasteiger partial charge in [0.25, 0.3) is 0 Å². The minimum absolute atomic E-state index is 0.0547. The number of carbonyl (C=O) groups is 1. The van der Waals surface area contributed by atoms with Gasteiger partial charge in [0.2, 0.25) is 0 Å². The molecule has 6 nitrogen and oxygen atoms in total. The summed E-state index contributed by atoms with van der Waals surface area (Å²) in [6.07, 6.45) is 8.17. The SMILES string of the molecule is O=CCC1CCN(c2nc(C3CCCC3)nc3c2CS(=O)(=O)C3)CC1. The van der Waals surface area contributed by atoms with E-state index >= 15 is 0 Å². The van der Waals surface area contributed by atoms with Crippen LogP contribution in [0.25, 0.3) is 0 Å². The first-order valence-corrected chi connectivity index (χ1v) is 11.2. The van der Waals surface area contributed by atoms with Gasteiger partial charge < -0.3 is 9.69 Å². The molecule has 2 fully saturated rings. The van der Waals surface area contributed by atoms with Crippen molar-refractivity contribution < 1.29 is 13.2 Å². The van der Waals surface area contributed by atoms with Gasteiger partial charge in [-0.05, 0) is 31.6 Å². The van der Waals surface area contributed by atoms with E-state index in [2.05, 4.69) is 9.88 Å². The largest absolute Gasteiger partial charge is 0.356 e. The fourth-order valence-corrected chi connectivity index (χ4v) is 5.92. The second-order valence-electron chi connectivity index (χ2n) is 7.68. The van der Waals surface area contributed by atoms with Gasteiger partial charge in [0.05, 0.1) is 17.2 Å². The molecule has 1 saturated heterocycles. The average molecular weight is 363 g/mol. The lowest BCUT2D eigenvalue weighted by Gasteiger charge is -2.33. The Morgan fingerprint density at radius 1 is 1.04 bits per heavy atom. The van der Waals surface area contributed by atoms with E-state index in [-0.39, 0.29) is 11.5 Å². The highest BCUT2D eigenvalue weighted by Gasteiger charge is 2.34. The van der Waals surface area contributed by atoms with Gasteiger partial charge in [-0.2, -0.15) is 0 Å². The number of sulfone groups is 1. The molecule has 1 aromatic rings. The molecule has 0 unspecified atom stereocenters. The highest BCUT2D eigenvalue weighted by atomic mass is 32.2. The van der Waals surface area contributed by atoms with Crippen molar-refractivity contribution in [2.24, 2.45) is 5.92 Å². The van der Waals surface area contributed by atoms with E-state index in [9.17, 15) is 13.2 Å².